The first kappa shape index (κ1) is 15.4. The van der Waals surface area contributed by atoms with Gasteiger partial charge < -0.3 is 4.74 Å². The number of rotatable bonds is 6. The van der Waals surface area contributed by atoms with Gasteiger partial charge in [0.05, 0.1) is 23.4 Å². The van der Waals surface area contributed by atoms with Crippen molar-refractivity contribution in [3.63, 3.8) is 0 Å². The van der Waals surface area contributed by atoms with Gasteiger partial charge in [0.15, 0.2) is 0 Å². The highest BCUT2D eigenvalue weighted by atomic mass is 33.1. The second kappa shape index (κ2) is 7.71. The third-order valence-corrected chi connectivity index (χ3v) is 5.42. The lowest BCUT2D eigenvalue weighted by Gasteiger charge is -2.08. The first-order valence-electron chi connectivity index (χ1n) is 6.08. The van der Waals surface area contributed by atoms with Crippen molar-refractivity contribution in [2.24, 2.45) is 0 Å². The fourth-order valence-electron chi connectivity index (χ4n) is 1.68. The maximum absolute atomic E-state index is 12.1. The molecule has 0 amide bonds. The summed E-state index contributed by atoms with van der Waals surface area (Å²) in [5.74, 6) is -0.260. The highest BCUT2D eigenvalue weighted by molar-refractivity contribution is 8.76. The van der Waals surface area contributed by atoms with E-state index in [0.29, 0.717) is 12.2 Å². The van der Waals surface area contributed by atoms with Gasteiger partial charge in [0, 0.05) is 16.2 Å². The highest BCUT2D eigenvalue weighted by Crippen LogP contribution is 2.31. The largest absolute Gasteiger partial charge is 0.462 e. The summed E-state index contributed by atoms with van der Waals surface area (Å²) in [5, 5.41) is 0. The number of hydrogen-bond acceptors (Lipinski definition) is 6. The van der Waals surface area contributed by atoms with Crippen molar-refractivity contribution in [3.05, 3.63) is 45.9 Å². The van der Waals surface area contributed by atoms with E-state index in [2.05, 4.69) is 4.98 Å². The Morgan fingerprint density at radius 1 is 1.40 bits per heavy atom. The standard InChI is InChI=1S/C14H15NO2S3/c1-10-12(19-9-15-10)7-8-17-14(16)11-5-3-4-6-13(11)20-18-2/h3-6,9H,7-8H2,1-2H3. The van der Waals surface area contributed by atoms with Gasteiger partial charge in [-0.25, -0.2) is 9.78 Å². The van der Waals surface area contributed by atoms with Crippen LogP contribution in [0, 0.1) is 6.92 Å². The van der Waals surface area contributed by atoms with Gasteiger partial charge in [-0.05, 0) is 25.3 Å². The first-order chi connectivity index (χ1) is 9.72. The lowest BCUT2D eigenvalue weighted by atomic mass is 10.2. The monoisotopic (exact) mass is 325 g/mol. The van der Waals surface area contributed by atoms with E-state index < -0.39 is 0 Å². The molecule has 0 aliphatic heterocycles. The topological polar surface area (TPSA) is 39.2 Å². The molecule has 1 heterocycles. The van der Waals surface area contributed by atoms with Crippen LogP contribution in [0.4, 0.5) is 0 Å². The average Bonchev–Trinajstić information content (AvgIpc) is 2.85. The second-order valence-electron chi connectivity index (χ2n) is 3.99. The Hall–Kier alpha value is -0.980. The number of esters is 1. The van der Waals surface area contributed by atoms with Gasteiger partial charge in [-0.1, -0.05) is 33.7 Å². The normalized spacial score (nSPS) is 10.5. The van der Waals surface area contributed by atoms with Crippen molar-refractivity contribution in [1.29, 1.82) is 0 Å². The van der Waals surface area contributed by atoms with E-state index in [9.17, 15) is 4.79 Å². The summed E-state index contributed by atoms with van der Waals surface area (Å²) in [6.07, 6.45) is 2.71. The van der Waals surface area contributed by atoms with Crippen LogP contribution in [0.25, 0.3) is 0 Å². The van der Waals surface area contributed by atoms with Crippen LogP contribution < -0.4 is 0 Å². The Kier molecular flexibility index (Phi) is 5.94. The molecule has 1 aromatic carbocycles. The molecule has 0 spiro atoms. The number of ether oxygens (including phenoxy) is 1. The molecule has 0 radical (unpaired) electrons. The van der Waals surface area contributed by atoms with E-state index in [-0.39, 0.29) is 5.97 Å². The van der Waals surface area contributed by atoms with E-state index in [1.165, 1.54) is 4.88 Å². The molecule has 0 aliphatic carbocycles. The van der Waals surface area contributed by atoms with Crippen molar-refractivity contribution in [2.75, 3.05) is 12.9 Å². The number of nitrogens with zero attached hydrogens (tertiary/aromatic N) is 1. The molecule has 0 unspecified atom stereocenters. The predicted molar refractivity (Wildman–Crippen MR) is 86.7 cm³/mol. The molecule has 0 aliphatic rings. The lowest BCUT2D eigenvalue weighted by Crippen LogP contribution is -2.09. The third kappa shape index (κ3) is 4.01. The van der Waals surface area contributed by atoms with Gasteiger partial charge in [0.1, 0.15) is 0 Å². The Balaban J connectivity index is 1.93. The van der Waals surface area contributed by atoms with Crippen LogP contribution in [-0.2, 0) is 11.2 Å². The molecule has 0 bridgehead atoms. The zero-order chi connectivity index (χ0) is 14.4. The molecule has 2 rings (SSSR count). The van der Waals surface area contributed by atoms with Crippen LogP contribution in [0.2, 0.25) is 0 Å². The van der Waals surface area contributed by atoms with Crippen LogP contribution >= 0.6 is 32.9 Å². The molecule has 0 fully saturated rings. The number of aryl methyl sites for hydroxylation is 1. The summed E-state index contributed by atoms with van der Waals surface area (Å²) in [6.45, 7) is 2.36. The highest BCUT2D eigenvalue weighted by Gasteiger charge is 2.13. The summed E-state index contributed by atoms with van der Waals surface area (Å²) >= 11 is 1.60. The smallest absolute Gasteiger partial charge is 0.339 e. The van der Waals surface area contributed by atoms with E-state index >= 15 is 0 Å². The minimum absolute atomic E-state index is 0.260. The van der Waals surface area contributed by atoms with Crippen molar-refractivity contribution in [2.45, 2.75) is 18.2 Å². The molecule has 6 heteroatoms. The Morgan fingerprint density at radius 2 is 2.20 bits per heavy atom. The molecule has 1 aromatic heterocycles. The molecule has 20 heavy (non-hydrogen) atoms. The zero-order valence-electron chi connectivity index (χ0n) is 11.3. The molecule has 3 nitrogen and oxygen atoms in total. The van der Waals surface area contributed by atoms with Gasteiger partial charge in [-0.15, -0.1) is 11.3 Å². The molecule has 0 saturated carbocycles. The van der Waals surface area contributed by atoms with E-state index in [0.717, 1.165) is 17.0 Å². The zero-order valence-corrected chi connectivity index (χ0v) is 13.7. The van der Waals surface area contributed by atoms with Gasteiger partial charge in [-0.2, -0.15) is 0 Å². The van der Waals surface area contributed by atoms with Gasteiger partial charge in [-0.3, -0.25) is 0 Å². The van der Waals surface area contributed by atoms with Crippen LogP contribution in [0.5, 0.6) is 0 Å². The quantitative estimate of drug-likeness (QED) is 0.587. The number of carbonyl (C=O) groups excluding carboxylic acids is 1. The minimum Gasteiger partial charge on any atom is -0.462 e. The van der Waals surface area contributed by atoms with Gasteiger partial charge in [0.2, 0.25) is 0 Å². The predicted octanol–water partition coefficient (Wildman–Crippen LogP) is 4.22. The van der Waals surface area contributed by atoms with Crippen molar-refractivity contribution >= 4 is 38.9 Å². The SMILES string of the molecule is CSSc1ccccc1C(=O)OCCc1scnc1C. The van der Waals surface area contributed by atoms with E-state index in [4.69, 9.17) is 4.74 Å². The summed E-state index contributed by atoms with van der Waals surface area (Å²) in [4.78, 5) is 18.4. The second-order valence-corrected chi connectivity index (χ2v) is 7.37. The molecule has 0 atom stereocenters. The molecule has 0 saturated heterocycles. The average molecular weight is 325 g/mol. The summed E-state index contributed by atoms with van der Waals surface area (Å²) in [5.41, 5.74) is 3.47. The van der Waals surface area contributed by atoms with Gasteiger partial charge >= 0.3 is 5.97 Å². The van der Waals surface area contributed by atoms with Crippen molar-refractivity contribution in [1.82, 2.24) is 4.98 Å². The molecule has 2 aromatic rings. The Labute approximate surface area is 130 Å². The third-order valence-electron chi connectivity index (χ3n) is 2.69. The molecular weight excluding hydrogens is 310 g/mol. The van der Waals surface area contributed by atoms with E-state index in [1.807, 2.05) is 36.9 Å². The van der Waals surface area contributed by atoms with Gasteiger partial charge in [0.25, 0.3) is 0 Å². The minimum atomic E-state index is -0.260. The Morgan fingerprint density at radius 3 is 2.90 bits per heavy atom. The number of hydrogen-bond donors (Lipinski definition) is 0. The number of carbonyl (C=O) groups is 1. The van der Waals surface area contributed by atoms with E-state index in [1.54, 1.807) is 39.0 Å². The maximum Gasteiger partial charge on any atom is 0.339 e. The lowest BCUT2D eigenvalue weighted by molar-refractivity contribution is 0.0506. The number of benzene rings is 1. The van der Waals surface area contributed by atoms with Crippen molar-refractivity contribution in [3.8, 4) is 0 Å². The van der Waals surface area contributed by atoms with Crippen molar-refractivity contribution < 1.29 is 9.53 Å². The van der Waals surface area contributed by atoms with Crippen LogP contribution in [0.15, 0.2) is 34.7 Å². The summed E-state index contributed by atoms with van der Waals surface area (Å²) in [7, 11) is 3.18. The first-order valence-corrected chi connectivity index (χ1v) is 9.52. The fourth-order valence-corrected chi connectivity index (χ4v) is 3.97. The fraction of sp³-hybridized carbons (Fsp3) is 0.286. The number of aromatic nitrogens is 1. The number of thiazole rings is 1. The summed E-state index contributed by atoms with van der Waals surface area (Å²) < 4.78 is 5.36. The molecular formula is C14H15NO2S3. The maximum atomic E-state index is 12.1. The molecule has 0 N–H and O–H groups in total. The summed E-state index contributed by atoms with van der Waals surface area (Å²) in [6, 6.07) is 7.52. The van der Waals surface area contributed by atoms with Crippen LogP contribution in [0.3, 0.4) is 0 Å². The Bertz CT molecular complexity index is 583. The van der Waals surface area contributed by atoms with Crippen LogP contribution in [-0.4, -0.2) is 23.8 Å². The molecule has 106 valence electrons. The van der Waals surface area contributed by atoms with Crippen LogP contribution in [0.1, 0.15) is 20.9 Å².